The molecule has 3 rings (SSSR count). The van der Waals surface area contributed by atoms with E-state index >= 15 is 0 Å². The van der Waals surface area contributed by atoms with Gasteiger partial charge in [-0.05, 0) is 30.7 Å². The molecule has 2 heterocycles. The van der Waals surface area contributed by atoms with Gasteiger partial charge in [-0.25, -0.2) is 9.37 Å². The largest absolute Gasteiger partial charge is 0.368 e. The average Bonchev–Trinajstić information content (AvgIpc) is 2.80. The summed E-state index contributed by atoms with van der Waals surface area (Å²) < 4.78 is 13.1. The van der Waals surface area contributed by atoms with Crippen molar-refractivity contribution in [2.24, 2.45) is 0 Å². The molecule has 96 valence electrons. The SMILES string of the molecule is Cc1cc(F)ccc1Nc1nc(N)nc2nc[nH]c12. The first-order valence-corrected chi connectivity index (χ1v) is 5.63. The second-order valence-corrected chi connectivity index (χ2v) is 4.12. The van der Waals surface area contributed by atoms with E-state index in [4.69, 9.17) is 5.73 Å². The van der Waals surface area contributed by atoms with Crippen molar-refractivity contribution in [2.75, 3.05) is 11.1 Å². The minimum absolute atomic E-state index is 0.127. The van der Waals surface area contributed by atoms with E-state index in [0.29, 0.717) is 17.0 Å². The van der Waals surface area contributed by atoms with Gasteiger partial charge in [0.25, 0.3) is 0 Å². The van der Waals surface area contributed by atoms with Crippen LogP contribution in [-0.4, -0.2) is 19.9 Å². The molecule has 19 heavy (non-hydrogen) atoms. The molecule has 0 fully saturated rings. The summed E-state index contributed by atoms with van der Waals surface area (Å²) in [5, 5.41) is 3.10. The fourth-order valence-electron chi connectivity index (χ4n) is 1.84. The van der Waals surface area contributed by atoms with Gasteiger partial charge < -0.3 is 16.0 Å². The standard InChI is InChI=1S/C12H11FN6/c1-6-4-7(13)2-3-8(6)17-11-9-10(16-5-15-9)18-12(14)19-11/h2-5H,1H3,(H4,14,15,16,17,18,19). The van der Waals surface area contributed by atoms with E-state index in [1.54, 1.807) is 13.0 Å². The number of nitrogens with one attached hydrogen (secondary N) is 2. The van der Waals surface area contributed by atoms with E-state index in [0.717, 1.165) is 11.3 Å². The molecule has 1 aromatic carbocycles. The lowest BCUT2D eigenvalue weighted by Gasteiger charge is -2.09. The van der Waals surface area contributed by atoms with Crippen molar-refractivity contribution < 1.29 is 4.39 Å². The number of nitrogens with two attached hydrogens (primary N) is 1. The van der Waals surface area contributed by atoms with Crippen molar-refractivity contribution in [1.29, 1.82) is 0 Å². The van der Waals surface area contributed by atoms with Gasteiger partial charge in [-0.3, -0.25) is 0 Å². The molecular formula is C12H11FN6. The predicted octanol–water partition coefficient (Wildman–Crippen LogP) is 2.13. The van der Waals surface area contributed by atoms with Crippen molar-refractivity contribution in [3.63, 3.8) is 0 Å². The first kappa shape index (κ1) is 11.4. The summed E-state index contributed by atoms with van der Waals surface area (Å²) in [7, 11) is 0. The molecule has 0 aliphatic carbocycles. The molecule has 6 nitrogen and oxygen atoms in total. The molecule has 0 radical (unpaired) electrons. The molecular weight excluding hydrogens is 247 g/mol. The summed E-state index contributed by atoms with van der Waals surface area (Å²) in [6.45, 7) is 1.81. The van der Waals surface area contributed by atoms with E-state index in [1.165, 1.54) is 18.5 Å². The quantitative estimate of drug-likeness (QED) is 0.654. The molecule has 0 unspecified atom stereocenters. The Kier molecular flexibility index (Phi) is 2.52. The summed E-state index contributed by atoms with van der Waals surface area (Å²) in [6.07, 6.45) is 1.52. The number of imidazole rings is 1. The minimum atomic E-state index is -0.281. The molecule has 0 aliphatic heterocycles. The molecule has 4 N–H and O–H groups in total. The number of aryl methyl sites for hydroxylation is 1. The molecule has 0 atom stereocenters. The smallest absolute Gasteiger partial charge is 0.224 e. The van der Waals surface area contributed by atoms with Gasteiger partial charge in [0.1, 0.15) is 11.3 Å². The van der Waals surface area contributed by atoms with Crippen LogP contribution in [0, 0.1) is 12.7 Å². The second kappa shape index (κ2) is 4.20. The highest BCUT2D eigenvalue weighted by molar-refractivity contribution is 5.86. The summed E-state index contributed by atoms with van der Waals surface area (Å²) in [5.41, 5.74) is 8.27. The van der Waals surface area contributed by atoms with Gasteiger partial charge in [-0.2, -0.15) is 9.97 Å². The third kappa shape index (κ3) is 2.05. The Morgan fingerprint density at radius 2 is 2.16 bits per heavy atom. The van der Waals surface area contributed by atoms with Gasteiger partial charge in [-0.15, -0.1) is 0 Å². The van der Waals surface area contributed by atoms with Crippen molar-refractivity contribution in [3.05, 3.63) is 35.9 Å². The monoisotopic (exact) mass is 258 g/mol. The molecule has 0 saturated heterocycles. The van der Waals surface area contributed by atoms with Crippen LogP contribution in [0.3, 0.4) is 0 Å². The number of aromatic nitrogens is 4. The maximum absolute atomic E-state index is 13.1. The number of benzene rings is 1. The fraction of sp³-hybridized carbons (Fsp3) is 0.0833. The Morgan fingerprint density at radius 3 is 2.95 bits per heavy atom. The van der Waals surface area contributed by atoms with Crippen LogP contribution in [0.2, 0.25) is 0 Å². The Hall–Kier alpha value is -2.70. The van der Waals surface area contributed by atoms with E-state index in [2.05, 4.69) is 25.3 Å². The van der Waals surface area contributed by atoms with Crippen LogP contribution < -0.4 is 11.1 Å². The molecule has 0 saturated carbocycles. The second-order valence-electron chi connectivity index (χ2n) is 4.12. The number of rotatable bonds is 2. The number of H-pyrrole nitrogens is 1. The van der Waals surface area contributed by atoms with Gasteiger partial charge >= 0.3 is 0 Å². The normalized spacial score (nSPS) is 10.8. The van der Waals surface area contributed by atoms with Gasteiger partial charge in [0.2, 0.25) is 5.95 Å². The summed E-state index contributed by atoms with van der Waals surface area (Å²) in [5.74, 6) is 0.355. The van der Waals surface area contributed by atoms with Crippen molar-refractivity contribution >= 4 is 28.6 Å². The number of halogens is 1. The van der Waals surface area contributed by atoms with Crippen LogP contribution in [0.15, 0.2) is 24.5 Å². The number of fused-ring (bicyclic) bond motifs is 1. The highest BCUT2D eigenvalue weighted by Crippen LogP contribution is 2.24. The van der Waals surface area contributed by atoms with E-state index in [-0.39, 0.29) is 11.8 Å². The molecule has 7 heteroatoms. The van der Waals surface area contributed by atoms with Crippen molar-refractivity contribution in [2.45, 2.75) is 6.92 Å². The van der Waals surface area contributed by atoms with Crippen LogP contribution in [0.1, 0.15) is 5.56 Å². The predicted molar refractivity (Wildman–Crippen MR) is 70.5 cm³/mol. The van der Waals surface area contributed by atoms with Crippen molar-refractivity contribution in [3.8, 4) is 0 Å². The Balaban J connectivity index is 2.07. The third-order valence-electron chi connectivity index (χ3n) is 2.74. The van der Waals surface area contributed by atoms with E-state index in [9.17, 15) is 4.39 Å². The minimum Gasteiger partial charge on any atom is -0.368 e. The van der Waals surface area contributed by atoms with Crippen LogP contribution in [0.5, 0.6) is 0 Å². The van der Waals surface area contributed by atoms with Crippen LogP contribution in [0.4, 0.5) is 21.8 Å². The molecule has 0 amide bonds. The van der Waals surface area contributed by atoms with Gasteiger partial charge in [0, 0.05) is 5.69 Å². The molecule has 3 aromatic rings. The fourth-order valence-corrected chi connectivity index (χ4v) is 1.84. The highest BCUT2D eigenvalue weighted by Gasteiger charge is 2.09. The summed E-state index contributed by atoms with van der Waals surface area (Å²) >= 11 is 0. The Morgan fingerprint density at radius 1 is 1.32 bits per heavy atom. The van der Waals surface area contributed by atoms with Gasteiger partial charge in [-0.1, -0.05) is 0 Å². The molecule has 0 spiro atoms. The van der Waals surface area contributed by atoms with E-state index < -0.39 is 0 Å². The zero-order valence-electron chi connectivity index (χ0n) is 10.1. The zero-order chi connectivity index (χ0) is 13.4. The molecule has 0 aliphatic rings. The van der Waals surface area contributed by atoms with Gasteiger partial charge in [0.05, 0.1) is 6.33 Å². The van der Waals surface area contributed by atoms with E-state index in [1.807, 2.05) is 0 Å². The lowest BCUT2D eigenvalue weighted by molar-refractivity contribution is 0.627. The average molecular weight is 258 g/mol. The van der Waals surface area contributed by atoms with Crippen LogP contribution in [0.25, 0.3) is 11.2 Å². The topological polar surface area (TPSA) is 92.5 Å². The number of hydrogen-bond donors (Lipinski definition) is 3. The number of nitrogens with zero attached hydrogens (tertiary/aromatic N) is 3. The lowest BCUT2D eigenvalue weighted by atomic mass is 10.2. The highest BCUT2D eigenvalue weighted by atomic mass is 19.1. The summed E-state index contributed by atoms with van der Waals surface area (Å²) in [4.78, 5) is 15.1. The maximum atomic E-state index is 13.1. The van der Waals surface area contributed by atoms with Gasteiger partial charge in [0.15, 0.2) is 11.5 Å². The Bertz CT molecular complexity index is 751. The first-order valence-electron chi connectivity index (χ1n) is 5.63. The number of hydrogen-bond acceptors (Lipinski definition) is 5. The number of nitrogen functional groups attached to an aromatic ring is 1. The molecule has 2 aromatic heterocycles. The van der Waals surface area contributed by atoms with Crippen LogP contribution in [-0.2, 0) is 0 Å². The zero-order valence-corrected chi connectivity index (χ0v) is 10.1. The van der Waals surface area contributed by atoms with Crippen LogP contribution >= 0.6 is 0 Å². The summed E-state index contributed by atoms with van der Waals surface area (Å²) in [6, 6.07) is 4.46. The maximum Gasteiger partial charge on any atom is 0.224 e. The number of aromatic amines is 1. The molecule has 0 bridgehead atoms. The Labute approximate surface area is 107 Å². The lowest BCUT2D eigenvalue weighted by Crippen LogP contribution is -2.02. The number of anilines is 3. The third-order valence-corrected chi connectivity index (χ3v) is 2.74. The van der Waals surface area contributed by atoms with Crippen molar-refractivity contribution in [1.82, 2.24) is 19.9 Å². The first-order chi connectivity index (χ1) is 9.13.